The number of carbonyl (C=O) groups is 1. The van der Waals surface area contributed by atoms with Crippen molar-refractivity contribution < 1.29 is 36.2 Å². The molecule has 166 valence electrons. The molecule has 4 nitrogen and oxygen atoms in total. The lowest BCUT2D eigenvalue weighted by molar-refractivity contribution is -0.143. The Balaban J connectivity index is 2.20. The van der Waals surface area contributed by atoms with Crippen LogP contribution in [0, 0.1) is 11.3 Å². The van der Waals surface area contributed by atoms with Gasteiger partial charge < -0.3 is 9.67 Å². The molecular weight excluding hydrogens is 462 g/mol. The molecule has 0 radical (unpaired) electrons. The molecule has 0 aliphatic carbocycles. The number of halogens is 7. The first-order valence-electron chi connectivity index (χ1n) is 8.72. The van der Waals surface area contributed by atoms with Gasteiger partial charge >= 0.3 is 18.3 Å². The summed E-state index contributed by atoms with van der Waals surface area (Å²) in [5.41, 5.74) is -3.46. The maximum absolute atomic E-state index is 13.2. The molecule has 2 aromatic carbocycles. The summed E-state index contributed by atoms with van der Waals surface area (Å²) in [4.78, 5) is 11.3. The highest BCUT2D eigenvalue weighted by Gasteiger charge is 2.37. The third-order valence-electron chi connectivity index (χ3n) is 4.57. The molecule has 0 spiro atoms. The van der Waals surface area contributed by atoms with E-state index in [1.54, 1.807) is 12.1 Å². The quantitative estimate of drug-likeness (QED) is 0.276. The maximum atomic E-state index is 13.2. The van der Waals surface area contributed by atoms with Crippen LogP contribution in [0.15, 0.2) is 54.2 Å². The second-order valence-corrected chi connectivity index (χ2v) is 7.09. The van der Waals surface area contributed by atoms with E-state index in [4.69, 9.17) is 22.0 Å². The van der Waals surface area contributed by atoms with E-state index in [1.165, 1.54) is 29.0 Å². The molecule has 11 heteroatoms. The number of benzene rings is 2. The van der Waals surface area contributed by atoms with E-state index in [0.717, 1.165) is 0 Å². The number of para-hydroxylation sites is 1. The molecule has 0 amide bonds. The molecule has 0 fully saturated rings. The van der Waals surface area contributed by atoms with Crippen molar-refractivity contribution in [2.24, 2.45) is 0 Å². The summed E-state index contributed by atoms with van der Waals surface area (Å²) in [6.45, 7) is -0.396. The lowest BCUT2D eigenvalue weighted by Gasteiger charge is -2.15. The zero-order valence-corrected chi connectivity index (χ0v) is 16.5. The van der Waals surface area contributed by atoms with Crippen molar-refractivity contribution in [2.45, 2.75) is 18.9 Å². The lowest BCUT2D eigenvalue weighted by Crippen LogP contribution is -2.12. The van der Waals surface area contributed by atoms with Gasteiger partial charge in [0.15, 0.2) is 5.57 Å². The molecule has 1 heterocycles. The summed E-state index contributed by atoms with van der Waals surface area (Å²) in [7, 11) is 0. The van der Waals surface area contributed by atoms with Crippen molar-refractivity contribution in [1.82, 2.24) is 4.57 Å². The number of carboxylic acid groups (broad SMARTS) is 1. The smallest absolute Gasteiger partial charge is 0.416 e. The molecule has 0 saturated carbocycles. The van der Waals surface area contributed by atoms with Crippen LogP contribution in [0.5, 0.6) is 0 Å². The summed E-state index contributed by atoms with van der Waals surface area (Å²) in [6.07, 6.45) is -8.70. The first kappa shape index (κ1) is 23.2. The van der Waals surface area contributed by atoms with Crippen LogP contribution in [0.2, 0.25) is 0 Å². The molecule has 1 aromatic heterocycles. The van der Waals surface area contributed by atoms with Gasteiger partial charge in [-0.2, -0.15) is 31.6 Å². The highest BCUT2D eigenvalue weighted by molar-refractivity contribution is 6.52. The Morgan fingerprint density at radius 3 is 2.09 bits per heavy atom. The van der Waals surface area contributed by atoms with Crippen molar-refractivity contribution in [3.63, 3.8) is 0 Å². The van der Waals surface area contributed by atoms with Gasteiger partial charge in [-0.05, 0) is 29.8 Å². The zero-order chi connectivity index (χ0) is 23.8. The van der Waals surface area contributed by atoms with E-state index in [0.29, 0.717) is 23.0 Å². The fraction of sp³-hybridized carbons (Fsp3) is 0.143. The molecule has 3 aromatic rings. The first-order valence-corrected chi connectivity index (χ1v) is 9.10. The summed E-state index contributed by atoms with van der Waals surface area (Å²) in [5.74, 6) is -1.58. The number of nitriles is 1. The Hall–Kier alpha value is -3.45. The van der Waals surface area contributed by atoms with Crippen molar-refractivity contribution in [3.05, 3.63) is 76.5 Å². The fourth-order valence-electron chi connectivity index (χ4n) is 3.19. The molecule has 0 aliphatic heterocycles. The zero-order valence-electron chi connectivity index (χ0n) is 15.7. The van der Waals surface area contributed by atoms with Crippen molar-refractivity contribution in [2.75, 3.05) is 0 Å². The monoisotopic (exact) mass is 472 g/mol. The van der Waals surface area contributed by atoms with E-state index in [9.17, 15) is 31.1 Å². The van der Waals surface area contributed by atoms with Crippen LogP contribution >= 0.6 is 11.6 Å². The number of aliphatic carboxylic acids is 1. The van der Waals surface area contributed by atoms with Gasteiger partial charge in [0.1, 0.15) is 6.07 Å². The molecule has 0 unspecified atom stereocenters. The van der Waals surface area contributed by atoms with Crippen molar-refractivity contribution in [1.29, 1.82) is 5.26 Å². The predicted octanol–water partition coefficient (Wildman–Crippen LogP) is 6.29. The average Bonchev–Trinajstić information content (AvgIpc) is 3.05. The lowest BCUT2D eigenvalue weighted by atomic mass is 10.0. The Morgan fingerprint density at radius 2 is 1.59 bits per heavy atom. The van der Waals surface area contributed by atoms with Crippen LogP contribution in [-0.4, -0.2) is 15.6 Å². The minimum absolute atomic E-state index is 0.0361. The number of hydrogen-bond donors (Lipinski definition) is 1. The fourth-order valence-corrected chi connectivity index (χ4v) is 3.46. The minimum atomic E-state index is -4.99. The second kappa shape index (κ2) is 8.24. The van der Waals surface area contributed by atoms with Gasteiger partial charge in [0.05, 0.1) is 16.2 Å². The van der Waals surface area contributed by atoms with E-state index in [2.05, 4.69) is 0 Å². The van der Waals surface area contributed by atoms with Gasteiger partial charge in [0.25, 0.3) is 0 Å². The van der Waals surface area contributed by atoms with Crippen LogP contribution in [0.25, 0.3) is 15.9 Å². The number of hydrogen-bond acceptors (Lipinski definition) is 2. The molecule has 0 atom stereocenters. The van der Waals surface area contributed by atoms with E-state index < -0.39 is 46.6 Å². The third kappa shape index (κ3) is 4.57. The maximum Gasteiger partial charge on any atom is 0.416 e. The van der Waals surface area contributed by atoms with Crippen LogP contribution < -0.4 is 0 Å². The summed E-state index contributed by atoms with van der Waals surface area (Å²) in [6, 6.07) is 8.95. The van der Waals surface area contributed by atoms with Gasteiger partial charge in [0, 0.05) is 29.2 Å². The Labute approximate surface area is 181 Å². The van der Waals surface area contributed by atoms with E-state index >= 15 is 0 Å². The number of nitrogens with zero attached hydrogens (tertiary/aromatic N) is 2. The second-order valence-electron chi connectivity index (χ2n) is 6.71. The SMILES string of the molecule is N#C/C(C(=O)O)=C(/Cl)c1cn(Cc2cc(C(F)(F)F)cc(C(F)(F)F)c2)c2ccccc12. The Morgan fingerprint density at radius 1 is 1.03 bits per heavy atom. The van der Waals surface area contributed by atoms with Gasteiger partial charge in [-0.15, -0.1) is 0 Å². The topological polar surface area (TPSA) is 66.0 Å². The first-order chi connectivity index (χ1) is 14.8. The summed E-state index contributed by atoms with van der Waals surface area (Å²) >= 11 is 6.10. The third-order valence-corrected chi connectivity index (χ3v) is 4.96. The van der Waals surface area contributed by atoms with Gasteiger partial charge in [-0.1, -0.05) is 29.8 Å². The highest BCUT2D eigenvalue weighted by atomic mass is 35.5. The largest absolute Gasteiger partial charge is 0.477 e. The molecule has 0 aliphatic rings. The summed E-state index contributed by atoms with van der Waals surface area (Å²) in [5, 5.41) is 18.2. The van der Waals surface area contributed by atoms with Gasteiger partial charge in [0.2, 0.25) is 0 Å². The molecule has 3 rings (SSSR count). The molecule has 0 bridgehead atoms. The highest BCUT2D eigenvalue weighted by Crippen LogP contribution is 2.37. The van der Waals surface area contributed by atoms with Crippen LogP contribution in [0.4, 0.5) is 26.3 Å². The molecule has 32 heavy (non-hydrogen) atoms. The Kier molecular flexibility index (Phi) is 5.98. The van der Waals surface area contributed by atoms with Crippen LogP contribution in [0.1, 0.15) is 22.3 Å². The normalized spacial score (nSPS) is 13.1. The number of rotatable bonds is 4. The minimum Gasteiger partial charge on any atom is -0.477 e. The molecular formula is C21H11ClF6N2O2. The van der Waals surface area contributed by atoms with Gasteiger partial charge in [-0.25, -0.2) is 4.79 Å². The average molecular weight is 473 g/mol. The van der Waals surface area contributed by atoms with Crippen molar-refractivity contribution in [3.8, 4) is 6.07 Å². The number of alkyl halides is 6. The number of fused-ring (bicyclic) bond motifs is 1. The predicted molar refractivity (Wildman–Crippen MR) is 104 cm³/mol. The Bertz CT molecular complexity index is 1250. The van der Waals surface area contributed by atoms with Crippen LogP contribution in [0.3, 0.4) is 0 Å². The van der Waals surface area contributed by atoms with E-state index in [1.807, 2.05) is 0 Å². The number of aromatic nitrogens is 1. The standard InChI is InChI=1S/C21H11ClF6N2O2/c22-18(15(8-29)19(31)32)16-10-30(17-4-2-1-3-14(16)17)9-11-5-12(20(23,24)25)7-13(6-11)21(26,27)28/h1-7,10H,9H2,(H,31,32)/b18-15-. The van der Waals surface area contributed by atoms with Gasteiger partial charge in [-0.3, -0.25) is 0 Å². The van der Waals surface area contributed by atoms with Crippen LogP contribution in [-0.2, 0) is 23.7 Å². The summed E-state index contributed by atoms with van der Waals surface area (Å²) < 4.78 is 80.3. The van der Waals surface area contributed by atoms with Crippen molar-refractivity contribution >= 4 is 33.5 Å². The molecule has 1 N–H and O–H groups in total. The molecule has 0 saturated heterocycles. The van der Waals surface area contributed by atoms with E-state index in [-0.39, 0.29) is 17.2 Å². The number of carboxylic acids is 1.